The number of para-hydroxylation sites is 1. The van der Waals surface area contributed by atoms with E-state index in [9.17, 15) is 8.42 Å². The number of hydrogen-bond acceptors (Lipinski definition) is 7. The molecule has 2 aromatic heterocycles. The first kappa shape index (κ1) is 22.5. The second-order valence-corrected chi connectivity index (χ2v) is 11.2. The number of nitrogens with zero attached hydrogens (tertiary/aromatic N) is 5. The summed E-state index contributed by atoms with van der Waals surface area (Å²) in [7, 11) is -3.60. The second-order valence-electron chi connectivity index (χ2n) is 9.39. The quantitative estimate of drug-likeness (QED) is 0.406. The van der Waals surface area contributed by atoms with Gasteiger partial charge in [-0.25, -0.2) is 8.42 Å². The lowest BCUT2D eigenvalue weighted by molar-refractivity contribution is 0.231. The zero-order valence-electron chi connectivity index (χ0n) is 19.6. The lowest BCUT2D eigenvalue weighted by Gasteiger charge is -2.35. The number of rotatable bonds is 6. The van der Waals surface area contributed by atoms with Crippen LogP contribution >= 0.6 is 0 Å². The van der Waals surface area contributed by atoms with E-state index in [0.717, 1.165) is 79.5 Å². The van der Waals surface area contributed by atoms with Crippen LogP contribution in [0.1, 0.15) is 19.3 Å². The third-order valence-electron chi connectivity index (χ3n) is 7.35. The van der Waals surface area contributed by atoms with Crippen molar-refractivity contribution in [1.82, 2.24) is 19.3 Å². The molecular weight excluding hydrogens is 462 g/mol. The highest BCUT2D eigenvalue weighted by molar-refractivity contribution is 7.89. The fourth-order valence-corrected chi connectivity index (χ4v) is 7.33. The molecule has 0 saturated carbocycles. The Morgan fingerprint density at radius 3 is 2.54 bits per heavy atom. The van der Waals surface area contributed by atoms with Crippen LogP contribution in [0.5, 0.6) is 0 Å². The van der Waals surface area contributed by atoms with E-state index in [1.165, 1.54) is 6.20 Å². The first-order chi connectivity index (χ1) is 17.1. The van der Waals surface area contributed by atoms with Gasteiger partial charge in [0.25, 0.3) is 0 Å². The molecule has 9 heteroatoms. The molecule has 2 aliphatic heterocycles. The highest BCUT2D eigenvalue weighted by atomic mass is 32.2. The highest BCUT2D eigenvalue weighted by Crippen LogP contribution is 2.32. The molecule has 2 fully saturated rings. The zero-order chi connectivity index (χ0) is 23.8. The summed E-state index contributed by atoms with van der Waals surface area (Å²) < 4.78 is 34.5. The average Bonchev–Trinajstić information content (AvgIpc) is 3.55. The third kappa shape index (κ3) is 4.17. The summed E-state index contributed by atoms with van der Waals surface area (Å²) in [6, 6.07) is 15.5. The van der Waals surface area contributed by atoms with Gasteiger partial charge in [0.05, 0.1) is 5.39 Å². The van der Waals surface area contributed by atoms with Gasteiger partial charge in [-0.15, -0.1) is 0 Å². The number of anilines is 1. The molecule has 2 aromatic carbocycles. The fourth-order valence-electron chi connectivity index (χ4n) is 5.45. The summed E-state index contributed by atoms with van der Waals surface area (Å²) in [5, 5.41) is 6.94. The smallest absolute Gasteiger partial charge is 0.245 e. The number of hydrogen-bond donors (Lipinski definition) is 0. The number of pyridine rings is 1. The van der Waals surface area contributed by atoms with Crippen LogP contribution in [-0.4, -0.2) is 73.1 Å². The maximum atomic E-state index is 13.6. The van der Waals surface area contributed by atoms with Gasteiger partial charge >= 0.3 is 0 Å². The van der Waals surface area contributed by atoms with Crippen LogP contribution in [0.3, 0.4) is 0 Å². The molecule has 4 aromatic rings. The van der Waals surface area contributed by atoms with Gasteiger partial charge in [-0.3, -0.25) is 9.88 Å². The molecular formula is C26H29N5O3S. The number of benzene rings is 2. The average molecular weight is 492 g/mol. The molecule has 0 unspecified atom stereocenters. The van der Waals surface area contributed by atoms with Crippen molar-refractivity contribution in [3.8, 4) is 0 Å². The number of fused-ring (bicyclic) bond motifs is 2. The molecule has 6 rings (SSSR count). The Balaban J connectivity index is 1.11. The molecule has 1 atom stereocenters. The molecule has 35 heavy (non-hydrogen) atoms. The predicted octanol–water partition coefficient (Wildman–Crippen LogP) is 3.74. The minimum Gasteiger partial charge on any atom is -0.354 e. The third-order valence-corrected chi connectivity index (χ3v) is 9.33. The molecule has 4 heterocycles. The molecule has 0 N–H and O–H groups in total. The standard InChI is InChI=1S/C26H29N5O3S/c32-35(33,25-19-27-18-20-6-1-2-8-22(20)25)31-12-5-7-21(31)11-13-29-14-16-30(17-15-29)26-23-9-3-4-10-24(23)34-28-26/h1-4,6,8-10,18-19,21H,5,7,11-17H2/t21-/m0/s1. The first-order valence-corrected chi connectivity index (χ1v) is 13.7. The topological polar surface area (TPSA) is 82.8 Å². The number of sulfonamides is 1. The number of piperazine rings is 1. The normalized spacial score (nSPS) is 20.2. The van der Waals surface area contributed by atoms with Crippen molar-refractivity contribution in [3.63, 3.8) is 0 Å². The van der Waals surface area contributed by atoms with Crippen LogP contribution in [0, 0.1) is 0 Å². The summed E-state index contributed by atoms with van der Waals surface area (Å²) in [6.45, 7) is 5.07. The minimum absolute atomic E-state index is 0.0245. The van der Waals surface area contributed by atoms with E-state index in [-0.39, 0.29) is 6.04 Å². The van der Waals surface area contributed by atoms with Gasteiger partial charge in [-0.05, 0) is 37.9 Å². The first-order valence-electron chi connectivity index (χ1n) is 12.3. The molecule has 0 bridgehead atoms. The van der Waals surface area contributed by atoms with Crippen molar-refractivity contribution in [3.05, 3.63) is 60.9 Å². The summed E-state index contributed by atoms with van der Waals surface area (Å²) >= 11 is 0. The molecule has 8 nitrogen and oxygen atoms in total. The monoisotopic (exact) mass is 491 g/mol. The van der Waals surface area contributed by atoms with Crippen LogP contribution in [0.4, 0.5) is 5.82 Å². The van der Waals surface area contributed by atoms with E-state index in [1.807, 2.05) is 48.5 Å². The summed E-state index contributed by atoms with van der Waals surface area (Å²) in [5.74, 6) is 0.914. The van der Waals surface area contributed by atoms with Crippen LogP contribution in [0.15, 0.2) is 70.3 Å². The van der Waals surface area contributed by atoms with Crippen molar-refractivity contribution < 1.29 is 12.9 Å². The Morgan fingerprint density at radius 2 is 1.69 bits per heavy atom. The maximum absolute atomic E-state index is 13.6. The van der Waals surface area contributed by atoms with E-state index >= 15 is 0 Å². The van der Waals surface area contributed by atoms with Crippen LogP contribution in [-0.2, 0) is 10.0 Å². The summed E-state index contributed by atoms with van der Waals surface area (Å²) in [5.41, 5.74) is 0.814. The van der Waals surface area contributed by atoms with E-state index in [2.05, 4.69) is 19.9 Å². The zero-order valence-corrected chi connectivity index (χ0v) is 20.4. The summed E-state index contributed by atoms with van der Waals surface area (Å²) in [4.78, 5) is 9.24. The van der Waals surface area contributed by atoms with Crippen LogP contribution in [0.2, 0.25) is 0 Å². The van der Waals surface area contributed by atoms with E-state index in [0.29, 0.717) is 11.4 Å². The van der Waals surface area contributed by atoms with E-state index < -0.39 is 10.0 Å². The predicted molar refractivity (Wildman–Crippen MR) is 136 cm³/mol. The lowest BCUT2D eigenvalue weighted by atomic mass is 10.1. The van der Waals surface area contributed by atoms with Crippen molar-refractivity contribution >= 4 is 37.6 Å². The van der Waals surface area contributed by atoms with Gasteiger partial charge in [0.1, 0.15) is 4.90 Å². The van der Waals surface area contributed by atoms with Crippen LogP contribution in [0.25, 0.3) is 21.7 Å². The van der Waals surface area contributed by atoms with Crippen molar-refractivity contribution in [1.29, 1.82) is 0 Å². The Labute approximate surface area is 205 Å². The largest absolute Gasteiger partial charge is 0.354 e. The van der Waals surface area contributed by atoms with Gasteiger partial charge in [0.2, 0.25) is 10.0 Å². The van der Waals surface area contributed by atoms with Gasteiger partial charge in [-0.1, -0.05) is 41.6 Å². The SMILES string of the molecule is O=S(=O)(c1cncc2ccccc12)N1CCC[C@H]1CCN1CCN(c2noc3ccccc23)CC1. The molecule has 2 aliphatic rings. The molecule has 0 amide bonds. The molecule has 182 valence electrons. The highest BCUT2D eigenvalue weighted by Gasteiger charge is 2.36. The van der Waals surface area contributed by atoms with Gasteiger partial charge in [0.15, 0.2) is 11.4 Å². The van der Waals surface area contributed by atoms with Crippen molar-refractivity contribution in [2.45, 2.75) is 30.2 Å². The van der Waals surface area contributed by atoms with Gasteiger partial charge in [0, 0.05) is 61.9 Å². The van der Waals surface area contributed by atoms with Crippen LogP contribution < -0.4 is 4.90 Å². The van der Waals surface area contributed by atoms with Crippen molar-refractivity contribution in [2.75, 3.05) is 44.2 Å². The summed E-state index contributed by atoms with van der Waals surface area (Å²) in [6.07, 6.45) is 5.86. The molecule has 2 saturated heterocycles. The van der Waals surface area contributed by atoms with E-state index in [1.54, 1.807) is 10.5 Å². The van der Waals surface area contributed by atoms with Gasteiger partial charge in [-0.2, -0.15) is 4.31 Å². The molecule has 0 spiro atoms. The maximum Gasteiger partial charge on any atom is 0.245 e. The minimum atomic E-state index is -3.60. The van der Waals surface area contributed by atoms with Gasteiger partial charge < -0.3 is 9.42 Å². The Morgan fingerprint density at radius 1 is 0.914 bits per heavy atom. The van der Waals surface area contributed by atoms with E-state index in [4.69, 9.17) is 4.52 Å². The molecule has 0 aliphatic carbocycles. The molecule has 0 radical (unpaired) electrons. The fraction of sp³-hybridized carbons (Fsp3) is 0.385. The second kappa shape index (κ2) is 9.22. The Bertz CT molecular complexity index is 1440. The number of aromatic nitrogens is 2. The lowest BCUT2D eigenvalue weighted by Crippen LogP contribution is -2.48. The van der Waals surface area contributed by atoms with Crippen molar-refractivity contribution in [2.24, 2.45) is 0 Å². The Hall–Kier alpha value is -3.01. The Kier molecular flexibility index (Phi) is 5.91.